The molecule has 1 aliphatic rings. The fraction of sp³-hybridized carbons (Fsp3) is 0.0667. The van der Waals surface area contributed by atoms with Crippen LogP contribution in [0, 0.1) is 0 Å². The third kappa shape index (κ3) is 3.79. The Kier molecular flexibility index (Phi) is 5.37. The van der Waals surface area contributed by atoms with Gasteiger partial charge in [0.15, 0.2) is 0 Å². The first-order valence-corrected chi connectivity index (χ1v) is 16.3. The molecule has 0 fully saturated rings. The molecule has 7 aromatic carbocycles. The van der Waals surface area contributed by atoms with Gasteiger partial charge in [-0.2, -0.15) is 0 Å². The van der Waals surface area contributed by atoms with Crippen LogP contribution in [0.3, 0.4) is 0 Å². The molecule has 2 heterocycles. The van der Waals surface area contributed by atoms with Gasteiger partial charge in [-0.05, 0) is 96.0 Å². The highest BCUT2D eigenvalue weighted by Crippen LogP contribution is 2.51. The van der Waals surface area contributed by atoms with Gasteiger partial charge in [-0.1, -0.05) is 123 Å². The quantitative estimate of drug-likeness (QED) is 0.185. The summed E-state index contributed by atoms with van der Waals surface area (Å²) in [6.07, 6.45) is 1.85. The normalized spacial score (nSPS) is 13.5. The summed E-state index contributed by atoms with van der Waals surface area (Å²) in [6.45, 7) is 4.72. The third-order valence-corrected chi connectivity index (χ3v) is 10.5. The van der Waals surface area contributed by atoms with Gasteiger partial charge >= 0.3 is 0 Å². The predicted molar refractivity (Wildman–Crippen MR) is 198 cm³/mol. The van der Waals surface area contributed by atoms with E-state index >= 15 is 0 Å². The summed E-state index contributed by atoms with van der Waals surface area (Å²) in [5.74, 6) is 0. The predicted octanol–water partition coefficient (Wildman–Crippen LogP) is 11.9. The van der Waals surface area contributed by atoms with Crippen molar-refractivity contribution in [1.29, 1.82) is 0 Å². The van der Waals surface area contributed by atoms with E-state index < -0.39 is 0 Å². The summed E-state index contributed by atoms with van der Waals surface area (Å²) in [5, 5.41) is 10.0. The average molecular weight is 599 g/mol. The van der Waals surface area contributed by atoms with Gasteiger partial charge in [-0.15, -0.1) is 0 Å². The molecule has 0 saturated carbocycles. The van der Waals surface area contributed by atoms with E-state index in [1.165, 1.54) is 65.7 Å². The van der Waals surface area contributed by atoms with E-state index in [0.29, 0.717) is 0 Å². The zero-order valence-corrected chi connectivity index (χ0v) is 26.3. The van der Waals surface area contributed by atoms with Crippen LogP contribution < -0.4 is 0 Å². The fourth-order valence-electron chi connectivity index (χ4n) is 8.05. The molecule has 2 aromatic heterocycles. The number of aromatic nitrogens is 2. The van der Waals surface area contributed by atoms with E-state index in [0.717, 1.165) is 33.1 Å². The van der Waals surface area contributed by atoms with Gasteiger partial charge in [0.2, 0.25) is 0 Å². The lowest BCUT2D eigenvalue weighted by Crippen LogP contribution is -2.15. The Balaban J connectivity index is 1.09. The van der Waals surface area contributed by atoms with Crippen LogP contribution in [0.4, 0.5) is 0 Å². The van der Waals surface area contributed by atoms with Crippen molar-refractivity contribution in [1.82, 2.24) is 9.97 Å². The molecule has 0 atom stereocenters. The molecule has 0 spiro atoms. The minimum absolute atomic E-state index is 0.151. The molecule has 220 valence electrons. The van der Waals surface area contributed by atoms with Crippen LogP contribution in [-0.4, -0.2) is 9.97 Å². The molecular weight excluding hydrogens is 569 g/mol. The summed E-state index contributed by atoms with van der Waals surface area (Å²) < 4.78 is 0. The van der Waals surface area contributed by atoms with Crippen LogP contribution in [0.15, 0.2) is 146 Å². The number of benzene rings is 7. The number of rotatable bonds is 2. The number of hydrogen-bond donors (Lipinski definition) is 0. The Hall–Kier alpha value is -5.86. The molecule has 9 aromatic rings. The first-order valence-electron chi connectivity index (χ1n) is 16.3. The monoisotopic (exact) mass is 598 g/mol. The highest BCUT2D eigenvalue weighted by molar-refractivity contribution is 6.25. The van der Waals surface area contributed by atoms with Gasteiger partial charge in [-0.3, -0.25) is 4.98 Å². The lowest BCUT2D eigenvalue weighted by Gasteiger charge is -2.22. The average Bonchev–Trinajstić information content (AvgIpc) is 3.36. The summed E-state index contributed by atoms with van der Waals surface area (Å²) >= 11 is 0. The zero-order valence-electron chi connectivity index (χ0n) is 26.3. The summed E-state index contributed by atoms with van der Waals surface area (Å²) in [6, 6.07) is 51.1. The molecule has 47 heavy (non-hydrogen) atoms. The number of pyridine rings is 2. The smallest absolute Gasteiger partial charge is 0.0972 e. The minimum Gasteiger partial charge on any atom is -0.254 e. The van der Waals surface area contributed by atoms with E-state index in [4.69, 9.17) is 4.98 Å². The van der Waals surface area contributed by atoms with Crippen molar-refractivity contribution >= 4 is 54.1 Å². The molecule has 2 heteroatoms. The highest BCUT2D eigenvalue weighted by atomic mass is 14.8. The van der Waals surface area contributed by atoms with Crippen molar-refractivity contribution in [3.8, 4) is 33.5 Å². The molecule has 0 unspecified atom stereocenters. The van der Waals surface area contributed by atoms with Gasteiger partial charge in [0.05, 0.1) is 16.7 Å². The van der Waals surface area contributed by atoms with Crippen LogP contribution in [0.5, 0.6) is 0 Å². The molecular formula is C45H30N2. The minimum atomic E-state index is -0.151. The van der Waals surface area contributed by atoms with E-state index in [-0.39, 0.29) is 5.41 Å². The van der Waals surface area contributed by atoms with Crippen molar-refractivity contribution in [3.63, 3.8) is 0 Å². The van der Waals surface area contributed by atoms with Crippen molar-refractivity contribution < 1.29 is 0 Å². The summed E-state index contributed by atoms with van der Waals surface area (Å²) in [5.41, 5.74) is 11.7. The Morgan fingerprint density at radius 1 is 0.426 bits per heavy atom. The molecule has 2 nitrogen and oxygen atoms in total. The lowest BCUT2D eigenvalue weighted by molar-refractivity contribution is 0.661. The van der Waals surface area contributed by atoms with Crippen molar-refractivity contribution in [2.75, 3.05) is 0 Å². The van der Waals surface area contributed by atoms with Gasteiger partial charge in [0, 0.05) is 27.9 Å². The van der Waals surface area contributed by atoms with Crippen LogP contribution in [0.2, 0.25) is 0 Å². The van der Waals surface area contributed by atoms with Crippen LogP contribution in [0.25, 0.3) is 87.6 Å². The van der Waals surface area contributed by atoms with E-state index in [2.05, 4.69) is 152 Å². The third-order valence-electron chi connectivity index (χ3n) is 10.5. The van der Waals surface area contributed by atoms with Crippen molar-refractivity contribution in [2.45, 2.75) is 19.3 Å². The number of nitrogens with zero attached hydrogens (tertiary/aromatic N) is 2. The molecule has 0 aliphatic heterocycles. The molecule has 10 rings (SSSR count). The number of hydrogen-bond acceptors (Lipinski definition) is 2. The SMILES string of the molecule is CC1(C)c2cc(-c3ccc4c5ccccc5c5ccccc5c4c3)ccc2-c2ccc(-c3ccc4ccc5cccnc5c4n3)cc21. The van der Waals surface area contributed by atoms with Crippen LogP contribution >= 0.6 is 0 Å². The maximum atomic E-state index is 5.15. The zero-order chi connectivity index (χ0) is 31.3. The molecule has 0 bridgehead atoms. The largest absolute Gasteiger partial charge is 0.254 e. The fourth-order valence-corrected chi connectivity index (χ4v) is 8.05. The maximum absolute atomic E-state index is 5.15. The van der Waals surface area contributed by atoms with E-state index in [1.807, 2.05) is 12.3 Å². The maximum Gasteiger partial charge on any atom is 0.0972 e. The molecule has 0 saturated heterocycles. The highest BCUT2D eigenvalue weighted by Gasteiger charge is 2.36. The topological polar surface area (TPSA) is 25.8 Å². The van der Waals surface area contributed by atoms with Gasteiger partial charge in [-0.25, -0.2) is 4.98 Å². The first kappa shape index (κ1) is 26.4. The van der Waals surface area contributed by atoms with E-state index in [9.17, 15) is 0 Å². The second-order valence-electron chi connectivity index (χ2n) is 13.4. The standard InChI is InChI=1S/C45H30N2/c1-45(2)40-25-30(29-15-19-36-34-11-4-3-9-32(34)33-10-5-6-12-35(33)39(36)24-29)16-20-37(40)38-21-17-31(26-41(38)45)42-22-18-28-14-13-27-8-7-23-46-43(27)44(28)47-42/h3-26H,1-2H3. The lowest BCUT2D eigenvalue weighted by atomic mass is 9.81. The van der Waals surface area contributed by atoms with Gasteiger partial charge < -0.3 is 0 Å². The Labute approximate surface area is 273 Å². The number of fused-ring (bicyclic) bond motifs is 12. The Morgan fingerprint density at radius 2 is 0.957 bits per heavy atom. The van der Waals surface area contributed by atoms with Crippen molar-refractivity contribution in [3.05, 3.63) is 157 Å². The van der Waals surface area contributed by atoms with Gasteiger partial charge in [0.25, 0.3) is 0 Å². The second-order valence-corrected chi connectivity index (χ2v) is 13.4. The van der Waals surface area contributed by atoms with E-state index in [1.54, 1.807) is 0 Å². The first-order chi connectivity index (χ1) is 23.0. The van der Waals surface area contributed by atoms with Crippen molar-refractivity contribution in [2.24, 2.45) is 0 Å². The second kappa shape index (κ2) is 9.57. The van der Waals surface area contributed by atoms with Crippen LogP contribution in [0.1, 0.15) is 25.0 Å². The molecule has 0 radical (unpaired) electrons. The molecule has 0 amide bonds. The van der Waals surface area contributed by atoms with Gasteiger partial charge in [0.1, 0.15) is 0 Å². The molecule has 1 aliphatic carbocycles. The summed E-state index contributed by atoms with van der Waals surface area (Å²) in [7, 11) is 0. The Morgan fingerprint density at radius 3 is 1.66 bits per heavy atom. The van der Waals surface area contributed by atoms with Crippen LogP contribution in [-0.2, 0) is 5.41 Å². The Bertz CT molecular complexity index is 2740. The molecule has 0 N–H and O–H groups in total. The summed E-state index contributed by atoms with van der Waals surface area (Å²) in [4.78, 5) is 9.82.